The second kappa shape index (κ2) is 5.62. The molecular formula is C13H19N3O2. The van der Waals surface area contributed by atoms with Crippen LogP contribution in [0.3, 0.4) is 0 Å². The molecule has 0 bridgehead atoms. The number of ether oxygens (including phenoxy) is 2. The molecule has 0 unspecified atom stereocenters. The highest BCUT2D eigenvalue weighted by Crippen LogP contribution is 2.32. The number of aliphatic imine (C=N–C) groups is 1. The number of nitrogens with zero attached hydrogens (tertiary/aromatic N) is 1. The third kappa shape index (κ3) is 3.29. The molecule has 1 aromatic rings. The van der Waals surface area contributed by atoms with Gasteiger partial charge in [0, 0.05) is 24.2 Å². The average molecular weight is 249 g/mol. The van der Waals surface area contributed by atoms with Crippen LogP contribution in [0.1, 0.15) is 20.3 Å². The van der Waals surface area contributed by atoms with E-state index in [1.807, 2.05) is 32.0 Å². The first kappa shape index (κ1) is 12.5. The Morgan fingerprint density at radius 2 is 2.00 bits per heavy atom. The summed E-state index contributed by atoms with van der Waals surface area (Å²) >= 11 is 0. The molecule has 18 heavy (non-hydrogen) atoms. The van der Waals surface area contributed by atoms with Crippen LogP contribution < -0.4 is 20.5 Å². The standard InChI is InChI=1S/C13H19N3O2/c1-9(2)15-13(14)16-10-4-5-11-12(8-10)18-7-3-6-17-11/h4-5,8-9H,3,6-7H2,1-2H3,(H3,14,15,16). The Bertz CT molecular complexity index is 444. The minimum absolute atomic E-state index is 0.165. The number of rotatable bonds is 2. The highest BCUT2D eigenvalue weighted by Gasteiger charge is 2.10. The van der Waals surface area contributed by atoms with Crippen molar-refractivity contribution in [2.75, 3.05) is 18.5 Å². The number of fused-ring (bicyclic) bond motifs is 1. The number of benzene rings is 1. The fourth-order valence-corrected chi connectivity index (χ4v) is 1.70. The summed E-state index contributed by atoms with van der Waals surface area (Å²) in [6, 6.07) is 5.82. The summed E-state index contributed by atoms with van der Waals surface area (Å²) in [6.07, 6.45) is 0.897. The topological polar surface area (TPSA) is 68.9 Å². The van der Waals surface area contributed by atoms with E-state index in [0.717, 1.165) is 23.6 Å². The smallest absolute Gasteiger partial charge is 0.193 e. The van der Waals surface area contributed by atoms with Crippen molar-refractivity contribution in [1.29, 1.82) is 0 Å². The number of hydrogen-bond acceptors (Lipinski definition) is 3. The summed E-state index contributed by atoms with van der Waals surface area (Å²) in [5.41, 5.74) is 6.63. The first-order chi connectivity index (χ1) is 8.65. The van der Waals surface area contributed by atoms with Gasteiger partial charge in [-0.1, -0.05) is 0 Å². The number of nitrogens with two attached hydrogens (primary N) is 1. The summed E-state index contributed by atoms with van der Waals surface area (Å²) in [4.78, 5) is 4.21. The van der Waals surface area contributed by atoms with E-state index in [1.54, 1.807) is 0 Å². The first-order valence-electron chi connectivity index (χ1n) is 6.15. The third-order valence-electron chi connectivity index (χ3n) is 2.42. The Morgan fingerprint density at radius 3 is 2.72 bits per heavy atom. The molecule has 0 saturated carbocycles. The zero-order valence-electron chi connectivity index (χ0n) is 10.8. The third-order valence-corrected chi connectivity index (χ3v) is 2.42. The molecule has 1 aliphatic heterocycles. The van der Waals surface area contributed by atoms with Gasteiger partial charge in [-0.25, -0.2) is 0 Å². The molecular weight excluding hydrogens is 230 g/mol. The van der Waals surface area contributed by atoms with Gasteiger partial charge in [-0.05, 0) is 26.0 Å². The van der Waals surface area contributed by atoms with E-state index in [1.165, 1.54) is 0 Å². The molecule has 2 rings (SSSR count). The van der Waals surface area contributed by atoms with Gasteiger partial charge in [-0.3, -0.25) is 4.99 Å². The van der Waals surface area contributed by atoms with Gasteiger partial charge in [0.05, 0.1) is 13.2 Å². The zero-order valence-corrected chi connectivity index (χ0v) is 10.8. The van der Waals surface area contributed by atoms with Crippen LogP contribution in [-0.2, 0) is 0 Å². The van der Waals surface area contributed by atoms with Crippen LogP contribution in [0.15, 0.2) is 23.2 Å². The summed E-state index contributed by atoms with van der Waals surface area (Å²) in [5, 5.41) is 3.04. The molecule has 1 aliphatic rings. The number of guanidine groups is 1. The largest absolute Gasteiger partial charge is 0.490 e. The van der Waals surface area contributed by atoms with Crippen molar-refractivity contribution >= 4 is 11.6 Å². The lowest BCUT2D eigenvalue weighted by atomic mass is 10.3. The monoisotopic (exact) mass is 249 g/mol. The van der Waals surface area contributed by atoms with E-state index >= 15 is 0 Å². The van der Waals surface area contributed by atoms with Gasteiger partial charge in [0.2, 0.25) is 0 Å². The zero-order chi connectivity index (χ0) is 13.0. The lowest BCUT2D eigenvalue weighted by Gasteiger charge is -2.11. The molecule has 0 saturated heterocycles. The van der Waals surface area contributed by atoms with Crippen molar-refractivity contribution in [2.45, 2.75) is 26.3 Å². The molecule has 98 valence electrons. The maximum Gasteiger partial charge on any atom is 0.193 e. The van der Waals surface area contributed by atoms with E-state index in [0.29, 0.717) is 19.2 Å². The van der Waals surface area contributed by atoms with E-state index < -0.39 is 0 Å². The van der Waals surface area contributed by atoms with Gasteiger partial charge in [0.1, 0.15) is 0 Å². The number of nitrogens with one attached hydrogen (secondary N) is 1. The van der Waals surface area contributed by atoms with Crippen LogP contribution >= 0.6 is 0 Å². The number of hydrogen-bond donors (Lipinski definition) is 2. The van der Waals surface area contributed by atoms with Crippen molar-refractivity contribution in [2.24, 2.45) is 10.7 Å². The predicted octanol–water partition coefficient (Wildman–Crippen LogP) is 1.98. The molecule has 5 nitrogen and oxygen atoms in total. The minimum atomic E-state index is 0.165. The summed E-state index contributed by atoms with van der Waals surface area (Å²) in [6.45, 7) is 5.31. The minimum Gasteiger partial charge on any atom is -0.490 e. The van der Waals surface area contributed by atoms with Gasteiger partial charge in [-0.2, -0.15) is 0 Å². The lowest BCUT2D eigenvalue weighted by molar-refractivity contribution is 0.297. The molecule has 0 fully saturated rings. The predicted molar refractivity (Wildman–Crippen MR) is 72.4 cm³/mol. The van der Waals surface area contributed by atoms with E-state index in [9.17, 15) is 0 Å². The molecule has 0 aliphatic carbocycles. The molecule has 0 amide bonds. The van der Waals surface area contributed by atoms with E-state index in [4.69, 9.17) is 15.2 Å². The first-order valence-corrected chi connectivity index (χ1v) is 6.15. The van der Waals surface area contributed by atoms with Gasteiger partial charge < -0.3 is 20.5 Å². The summed E-state index contributed by atoms with van der Waals surface area (Å²) in [5.74, 6) is 1.92. The lowest BCUT2D eigenvalue weighted by Crippen LogP contribution is -2.23. The van der Waals surface area contributed by atoms with Gasteiger partial charge >= 0.3 is 0 Å². The summed E-state index contributed by atoms with van der Waals surface area (Å²) in [7, 11) is 0. The maximum atomic E-state index is 5.78. The van der Waals surface area contributed by atoms with E-state index in [2.05, 4.69) is 10.3 Å². The molecule has 5 heteroatoms. The molecule has 3 N–H and O–H groups in total. The number of anilines is 1. The quantitative estimate of drug-likeness (QED) is 0.621. The normalized spacial score (nSPS) is 15.4. The Balaban J connectivity index is 2.13. The van der Waals surface area contributed by atoms with E-state index in [-0.39, 0.29) is 6.04 Å². The van der Waals surface area contributed by atoms with Crippen LogP contribution in [0.25, 0.3) is 0 Å². The molecule has 1 aromatic carbocycles. The Morgan fingerprint density at radius 1 is 1.28 bits per heavy atom. The molecule has 0 aromatic heterocycles. The van der Waals surface area contributed by atoms with Crippen LogP contribution in [0.2, 0.25) is 0 Å². The average Bonchev–Trinajstić information content (AvgIpc) is 2.52. The van der Waals surface area contributed by atoms with Crippen molar-refractivity contribution in [3.8, 4) is 11.5 Å². The SMILES string of the molecule is CC(C)N=C(N)Nc1ccc2c(c1)OCCCO2. The highest BCUT2D eigenvalue weighted by molar-refractivity contribution is 5.92. The van der Waals surface area contributed by atoms with Gasteiger partial charge in [0.15, 0.2) is 17.5 Å². The maximum absolute atomic E-state index is 5.78. The van der Waals surface area contributed by atoms with Crippen LogP contribution in [0.4, 0.5) is 5.69 Å². The van der Waals surface area contributed by atoms with Crippen molar-refractivity contribution in [3.05, 3.63) is 18.2 Å². The van der Waals surface area contributed by atoms with Crippen LogP contribution in [-0.4, -0.2) is 25.2 Å². The Kier molecular flexibility index (Phi) is 3.92. The van der Waals surface area contributed by atoms with Gasteiger partial charge in [0.25, 0.3) is 0 Å². The summed E-state index contributed by atoms with van der Waals surface area (Å²) < 4.78 is 11.2. The molecule has 0 spiro atoms. The van der Waals surface area contributed by atoms with Crippen LogP contribution in [0.5, 0.6) is 11.5 Å². The van der Waals surface area contributed by atoms with Crippen molar-refractivity contribution in [3.63, 3.8) is 0 Å². The Labute approximate surface area is 107 Å². The highest BCUT2D eigenvalue weighted by atomic mass is 16.5. The fraction of sp³-hybridized carbons (Fsp3) is 0.462. The van der Waals surface area contributed by atoms with Crippen LogP contribution in [0, 0.1) is 0 Å². The molecule has 1 heterocycles. The Hall–Kier alpha value is -1.91. The molecule has 0 atom stereocenters. The second-order valence-corrected chi connectivity index (χ2v) is 4.45. The van der Waals surface area contributed by atoms with Crippen molar-refractivity contribution < 1.29 is 9.47 Å². The fourth-order valence-electron chi connectivity index (χ4n) is 1.70. The second-order valence-electron chi connectivity index (χ2n) is 4.45. The molecule has 0 radical (unpaired) electrons. The van der Waals surface area contributed by atoms with Gasteiger partial charge in [-0.15, -0.1) is 0 Å². The van der Waals surface area contributed by atoms with Crippen molar-refractivity contribution in [1.82, 2.24) is 0 Å².